The predicted molar refractivity (Wildman–Crippen MR) is 193 cm³/mol. The molecule has 3 nitrogen and oxygen atoms in total. The lowest BCUT2D eigenvalue weighted by Gasteiger charge is -2.35. The molecular formula is C42H63NO2. The van der Waals surface area contributed by atoms with Crippen molar-refractivity contribution in [3.63, 3.8) is 0 Å². The molecule has 0 heterocycles. The molecule has 0 unspecified atom stereocenters. The number of ether oxygens (including phenoxy) is 1. The molecule has 3 aromatic rings. The van der Waals surface area contributed by atoms with Crippen LogP contribution >= 0.6 is 0 Å². The standard InChI is InChI=1S/C42H63NO2/c1-3-5-7-8-9-10-11-12-13-14-15-16-23-28-42(44)41(34-37-29-31-40(32-30-37)45-33-6-4-2)43(35-38-24-19-17-20-25-38)36-39-26-21-18-22-27-39/h17-22,24-27,29-32,41-42,44H,3-16,23,28,33-36H2,1-2H3/t41-,42+/m0/s1. The molecule has 0 aliphatic heterocycles. The third-order valence-corrected chi connectivity index (χ3v) is 9.11. The molecule has 1 N–H and O–H groups in total. The molecule has 0 saturated carbocycles. The Morgan fingerprint density at radius 3 is 1.49 bits per heavy atom. The zero-order chi connectivity index (χ0) is 31.8. The molecular weight excluding hydrogens is 550 g/mol. The summed E-state index contributed by atoms with van der Waals surface area (Å²) in [6, 6.07) is 30.0. The van der Waals surface area contributed by atoms with E-state index >= 15 is 0 Å². The van der Waals surface area contributed by atoms with Crippen molar-refractivity contribution in [2.45, 2.75) is 148 Å². The Bertz CT molecular complexity index is 1040. The molecule has 248 valence electrons. The van der Waals surface area contributed by atoms with Crippen LogP contribution in [0.1, 0.15) is 133 Å². The summed E-state index contributed by atoms with van der Waals surface area (Å²) in [5.74, 6) is 0.932. The van der Waals surface area contributed by atoms with Crippen molar-refractivity contribution in [1.82, 2.24) is 4.90 Å². The molecule has 0 aliphatic rings. The first kappa shape index (κ1) is 36.8. The minimum atomic E-state index is -0.384. The van der Waals surface area contributed by atoms with Gasteiger partial charge in [0.2, 0.25) is 0 Å². The van der Waals surface area contributed by atoms with Crippen LogP contribution in [0.25, 0.3) is 0 Å². The second-order valence-corrected chi connectivity index (χ2v) is 13.1. The molecule has 0 spiro atoms. The molecule has 0 aromatic heterocycles. The quantitative estimate of drug-likeness (QED) is 0.0914. The van der Waals surface area contributed by atoms with Gasteiger partial charge >= 0.3 is 0 Å². The Morgan fingerprint density at radius 1 is 0.533 bits per heavy atom. The average molecular weight is 614 g/mol. The first-order valence-corrected chi connectivity index (χ1v) is 18.4. The first-order chi connectivity index (χ1) is 22.2. The van der Waals surface area contributed by atoms with Crippen LogP contribution in [0, 0.1) is 0 Å². The maximum Gasteiger partial charge on any atom is 0.119 e. The van der Waals surface area contributed by atoms with Gasteiger partial charge in [-0.2, -0.15) is 0 Å². The fourth-order valence-electron chi connectivity index (χ4n) is 6.30. The van der Waals surface area contributed by atoms with Crippen molar-refractivity contribution in [3.8, 4) is 5.75 Å². The zero-order valence-corrected chi connectivity index (χ0v) is 28.7. The van der Waals surface area contributed by atoms with E-state index in [4.69, 9.17) is 4.74 Å². The third kappa shape index (κ3) is 16.0. The van der Waals surface area contributed by atoms with Gasteiger partial charge in [-0.15, -0.1) is 0 Å². The number of nitrogens with zero attached hydrogens (tertiary/aromatic N) is 1. The molecule has 3 aromatic carbocycles. The molecule has 0 aliphatic carbocycles. The molecule has 3 heteroatoms. The lowest BCUT2D eigenvalue weighted by Crippen LogP contribution is -2.44. The molecule has 2 atom stereocenters. The predicted octanol–water partition coefficient (Wildman–Crippen LogP) is 11.3. The van der Waals surface area contributed by atoms with Gasteiger partial charge in [0.15, 0.2) is 0 Å². The molecule has 0 saturated heterocycles. The van der Waals surface area contributed by atoms with Crippen molar-refractivity contribution in [2.24, 2.45) is 0 Å². The van der Waals surface area contributed by atoms with Gasteiger partial charge in [0, 0.05) is 19.1 Å². The van der Waals surface area contributed by atoms with Crippen LogP contribution in [0.3, 0.4) is 0 Å². The number of unbranched alkanes of at least 4 members (excludes halogenated alkanes) is 13. The summed E-state index contributed by atoms with van der Waals surface area (Å²) in [5, 5.41) is 11.8. The third-order valence-electron chi connectivity index (χ3n) is 9.11. The van der Waals surface area contributed by atoms with Crippen LogP contribution < -0.4 is 4.74 Å². The van der Waals surface area contributed by atoms with Gasteiger partial charge in [-0.25, -0.2) is 0 Å². The van der Waals surface area contributed by atoms with Crippen molar-refractivity contribution in [1.29, 1.82) is 0 Å². The van der Waals surface area contributed by atoms with Crippen LogP contribution in [-0.4, -0.2) is 28.8 Å². The van der Waals surface area contributed by atoms with Crippen LogP contribution in [-0.2, 0) is 19.5 Å². The van der Waals surface area contributed by atoms with Gasteiger partial charge in [0.05, 0.1) is 12.7 Å². The largest absolute Gasteiger partial charge is 0.494 e. The second-order valence-electron chi connectivity index (χ2n) is 13.1. The van der Waals surface area contributed by atoms with Crippen molar-refractivity contribution >= 4 is 0 Å². The lowest BCUT2D eigenvalue weighted by atomic mass is 9.94. The second kappa shape index (κ2) is 23.7. The molecule has 0 radical (unpaired) electrons. The topological polar surface area (TPSA) is 32.7 Å². The van der Waals surface area contributed by atoms with E-state index in [1.54, 1.807) is 0 Å². The number of hydrogen-bond donors (Lipinski definition) is 1. The highest BCUT2D eigenvalue weighted by Gasteiger charge is 2.27. The number of rotatable bonds is 26. The Labute approximate surface area is 276 Å². The molecule has 3 rings (SSSR count). The van der Waals surface area contributed by atoms with Gasteiger partial charge in [0.25, 0.3) is 0 Å². The van der Waals surface area contributed by atoms with E-state index in [0.717, 1.165) is 57.6 Å². The molecule has 0 bridgehead atoms. The SMILES string of the molecule is CCCCCCCCCCCCCCC[C@@H](O)[C@H](Cc1ccc(OCCCC)cc1)N(Cc1ccccc1)Cc1ccccc1. The molecule has 45 heavy (non-hydrogen) atoms. The van der Waals surface area contributed by atoms with E-state index in [2.05, 4.69) is 104 Å². The van der Waals surface area contributed by atoms with Crippen LogP contribution in [0.15, 0.2) is 84.9 Å². The Kier molecular flexibility index (Phi) is 19.4. The Hall–Kier alpha value is -2.62. The maximum atomic E-state index is 11.8. The highest BCUT2D eigenvalue weighted by Crippen LogP contribution is 2.24. The van der Waals surface area contributed by atoms with Gasteiger partial charge < -0.3 is 9.84 Å². The normalized spacial score (nSPS) is 12.8. The minimum absolute atomic E-state index is 0.0228. The number of aliphatic hydroxyl groups is 1. The smallest absolute Gasteiger partial charge is 0.119 e. The fourth-order valence-corrected chi connectivity index (χ4v) is 6.30. The summed E-state index contributed by atoms with van der Waals surface area (Å²) in [5.41, 5.74) is 3.82. The molecule has 0 amide bonds. The van der Waals surface area contributed by atoms with Gasteiger partial charge in [0.1, 0.15) is 5.75 Å². The maximum absolute atomic E-state index is 11.8. The van der Waals surface area contributed by atoms with Gasteiger partial charge in [-0.3, -0.25) is 4.90 Å². The van der Waals surface area contributed by atoms with Crippen LogP contribution in [0.4, 0.5) is 0 Å². The summed E-state index contributed by atoms with van der Waals surface area (Å²) in [6.07, 6.45) is 20.9. The van der Waals surface area contributed by atoms with E-state index < -0.39 is 0 Å². The van der Waals surface area contributed by atoms with Gasteiger partial charge in [-0.05, 0) is 48.1 Å². The Morgan fingerprint density at radius 2 is 1.00 bits per heavy atom. The van der Waals surface area contributed by atoms with E-state index in [-0.39, 0.29) is 12.1 Å². The molecule has 0 fully saturated rings. The van der Waals surface area contributed by atoms with E-state index in [1.807, 2.05) is 0 Å². The summed E-state index contributed by atoms with van der Waals surface area (Å²) in [7, 11) is 0. The van der Waals surface area contributed by atoms with Crippen molar-refractivity contribution in [3.05, 3.63) is 102 Å². The number of hydrogen-bond acceptors (Lipinski definition) is 3. The monoisotopic (exact) mass is 613 g/mol. The fraction of sp³-hybridized carbons (Fsp3) is 0.571. The summed E-state index contributed by atoms with van der Waals surface area (Å²) < 4.78 is 5.93. The van der Waals surface area contributed by atoms with Gasteiger partial charge in [-0.1, -0.05) is 177 Å². The zero-order valence-electron chi connectivity index (χ0n) is 28.7. The lowest BCUT2D eigenvalue weighted by molar-refractivity contribution is 0.0325. The van der Waals surface area contributed by atoms with E-state index in [0.29, 0.717) is 0 Å². The van der Waals surface area contributed by atoms with Crippen molar-refractivity contribution in [2.75, 3.05) is 6.61 Å². The van der Waals surface area contributed by atoms with Crippen LogP contribution in [0.5, 0.6) is 5.75 Å². The highest BCUT2D eigenvalue weighted by atomic mass is 16.5. The number of benzene rings is 3. The average Bonchev–Trinajstić information content (AvgIpc) is 3.07. The van der Waals surface area contributed by atoms with Crippen LogP contribution in [0.2, 0.25) is 0 Å². The van der Waals surface area contributed by atoms with E-state index in [1.165, 1.54) is 93.7 Å². The summed E-state index contributed by atoms with van der Waals surface area (Å²) in [6.45, 7) is 6.87. The highest BCUT2D eigenvalue weighted by molar-refractivity contribution is 5.28. The first-order valence-electron chi connectivity index (χ1n) is 18.4. The number of aliphatic hydroxyl groups excluding tert-OH is 1. The van der Waals surface area contributed by atoms with Crippen molar-refractivity contribution < 1.29 is 9.84 Å². The van der Waals surface area contributed by atoms with E-state index in [9.17, 15) is 5.11 Å². The summed E-state index contributed by atoms with van der Waals surface area (Å²) >= 11 is 0. The summed E-state index contributed by atoms with van der Waals surface area (Å²) in [4.78, 5) is 2.50. The minimum Gasteiger partial charge on any atom is -0.494 e. The Balaban J connectivity index is 1.57.